The average molecular weight is 1070 g/mol. The molecule has 0 aliphatic carbocycles. The summed E-state index contributed by atoms with van der Waals surface area (Å²) in [5, 5.41) is 145. The van der Waals surface area contributed by atoms with E-state index in [0.29, 0.717) is 24.8 Å². The van der Waals surface area contributed by atoms with Crippen LogP contribution in [-0.4, -0.2) is 252 Å². The molecule has 0 aromatic heterocycles. The van der Waals surface area contributed by atoms with Gasteiger partial charge in [0.05, 0.1) is 51.2 Å². The lowest BCUT2D eigenvalue weighted by molar-refractivity contribution is -0.388. The molecule has 0 bridgehead atoms. The number of hydrogen-bond acceptors (Lipinski definition) is 25. The van der Waals surface area contributed by atoms with Gasteiger partial charge in [0.2, 0.25) is 5.91 Å². The quantitative estimate of drug-likeness (QED) is 0.0321. The molecule has 4 aliphatic heterocycles. The highest BCUT2D eigenvalue weighted by atomic mass is 16.8. The second-order valence-corrected chi connectivity index (χ2v) is 18.7. The maximum Gasteiger partial charge on any atom is 0.364 e. The Morgan fingerprint density at radius 2 is 1.42 bits per heavy atom. The monoisotopic (exact) mass is 1070 g/mol. The van der Waals surface area contributed by atoms with Crippen LogP contribution in [0.2, 0.25) is 0 Å². The third-order valence-corrected chi connectivity index (χ3v) is 13.2. The summed E-state index contributed by atoms with van der Waals surface area (Å²) in [6.45, 7) is -1.12. The van der Waals surface area contributed by atoms with E-state index >= 15 is 0 Å². The van der Waals surface area contributed by atoms with Crippen LogP contribution in [0.15, 0.2) is 18.2 Å². The zero-order valence-corrected chi connectivity index (χ0v) is 41.0. The predicted octanol–water partition coefficient (Wildman–Crippen LogP) is -5.38. The van der Waals surface area contributed by atoms with Gasteiger partial charge in [-0.05, 0) is 31.9 Å². The fourth-order valence-corrected chi connectivity index (χ4v) is 9.10. The number of carboxylic acid groups (broad SMARTS) is 1. The highest BCUT2D eigenvalue weighted by Gasteiger charge is 2.61. The summed E-state index contributed by atoms with van der Waals surface area (Å²) in [5.41, 5.74) is 0.266. The zero-order valence-electron chi connectivity index (χ0n) is 41.0. The number of ether oxygens (including phenoxy) is 9. The highest BCUT2D eigenvalue weighted by Crippen LogP contribution is 2.39. The Bertz CT molecular complexity index is 1970. The second kappa shape index (κ2) is 28.0. The van der Waals surface area contributed by atoms with Crippen LogP contribution in [0.3, 0.4) is 0 Å². The minimum Gasteiger partial charge on any atom is -0.507 e. The van der Waals surface area contributed by atoms with E-state index in [-0.39, 0.29) is 24.6 Å². The molecule has 74 heavy (non-hydrogen) atoms. The first kappa shape index (κ1) is 61.0. The number of aryl methyl sites for hydroxylation is 1. The molecule has 15 N–H and O–H groups in total. The van der Waals surface area contributed by atoms with Crippen molar-refractivity contribution < 1.29 is 128 Å². The van der Waals surface area contributed by atoms with Gasteiger partial charge in [0.1, 0.15) is 91.1 Å². The van der Waals surface area contributed by atoms with Crippen LogP contribution in [-0.2, 0) is 57.0 Å². The lowest BCUT2D eigenvalue weighted by Crippen LogP contribution is -2.71. The number of nitrogens with one attached hydrogen (secondary N) is 2. The van der Waals surface area contributed by atoms with Crippen molar-refractivity contribution >= 4 is 23.8 Å². The largest absolute Gasteiger partial charge is 0.507 e. The third-order valence-electron chi connectivity index (χ3n) is 13.2. The van der Waals surface area contributed by atoms with Crippen molar-refractivity contribution in [3.63, 3.8) is 0 Å². The number of unbranched alkanes of at least 4 members (excludes halogenated alkanes) is 5. The van der Waals surface area contributed by atoms with Crippen LogP contribution in [0, 0.1) is 6.92 Å². The number of carbonyl (C=O) groups excluding carboxylic acids is 3. The number of methoxy groups -OCH3 is 1. The van der Waals surface area contributed by atoms with Gasteiger partial charge >= 0.3 is 11.9 Å². The first-order valence-electron chi connectivity index (χ1n) is 24.3. The predicted molar refractivity (Wildman–Crippen MR) is 243 cm³/mol. The molecular formula is C46H72N2O26. The maximum atomic E-state index is 14.2. The number of phenols is 1. The van der Waals surface area contributed by atoms with Crippen molar-refractivity contribution in [2.45, 2.75) is 187 Å². The fraction of sp³-hybridized carbons (Fsp3) is 0.783. The van der Waals surface area contributed by atoms with E-state index in [1.807, 2.05) is 0 Å². The molecule has 14 unspecified atom stereocenters. The molecule has 5 rings (SSSR count). The van der Waals surface area contributed by atoms with E-state index in [0.717, 1.165) is 26.2 Å². The van der Waals surface area contributed by atoms with Gasteiger partial charge in [-0.1, -0.05) is 37.3 Å². The van der Waals surface area contributed by atoms with Crippen LogP contribution in [0.1, 0.15) is 74.2 Å². The summed E-state index contributed by atoms with van der Waals surface area (Å²) in [6, 6.07) is 0.794. The lowest BCUT2D eigenvalue weighted by atomic mass is 9.88. The normalized spacial score (nSPS) is 36.3. The van der Waals surface area contributed by atoms with E-state index in [4.69, 9.17) is 37.9 Å². The van der Waals surface area contributed by atoms with Gasteiger partial charge in [-0.3, -0.25) is 14.4 Å². The number of aliphatic hydroxyl groups is 11. The lowest BCUT2D eigenvalue weighted by Gasteiger charge is -2.51. The Morgan fingerprint density at radius 1 is 0.770 bits per heavy atom. The zero-order chi connectivity index (χ0) is 54.6. The molecule has 0 spiro atoms. The molecule has 2 amide bonds. The average Bonchev–Trinajstić information content (AvgIpc) is 3.37. The van der Waals surface area contributed by atoms with Crippen LogP contribution >= 0.6 is 0 Å². The summed E-state index contributed by atoms with van der Waals surface area (Å²) in [5.74, 6) is -7.79. The molecular weight excluding hydrogens is 996 g/mol. The van der Waals surface area contributed by atoms with E-state index in [1.54, 1.807) is 6.92 Å². The Kier molecular flexibility index (Phi) is 23.1. The first-order valence-corrected chi connectivity index (χ1v) is 24.3. The Hall–Kier alpha value is -3.86. The third kappa shape index (κ3) is 15.0. The number of hydrogen-bond donors (Lipinski definition) is 15. The van der Waals surface area contributed by atoms with Gasteiger partial charge in [-0.2, -0.15) is 0 Å². The molecule has 1 aromatic rings. The Balaban J connectivity index is 1.53. The SMILES string of the molecule is COC(=O)CCCCCCCCO[C@@H]1OC(CO)[C@H](OC2OC[C@@H](O)C(O)C2O)C(OC2OC(CO)[C@@H](O)C(O[C@]3(C(=O)O)CC(O)[C@@H](NC(C)=O)C(C(O)C(O)CO)O3)C2O)C1NC(=O)c1cc(C)ccc1O. The number of phenolic OH excluding ortho intramolecular Hbond substituents is 1. The van der Waals surface area contributed by atoms with Crippen molar-refractivity contribution in [1.29, 1.82) is 0 Å². The molecule has 4 saturated heterocycles. The number of amides is 2. The van der Waals surface area contributed by atoms with Gasteiger partial charge in [-0.15, -0.1) is 0 Å². The van der Waals surface area contributed by atoms with Crippen LogP contribution < -0.4 is 10.6 Å². The Labute approximate surface area is 424 Å². The first-order chi connectivity index (χ1) is 35.1. The molecule has 20 atom stereocenters. The van der Waals surface area contributed by atoms with Crippen LogP contribution in [0.25, 0.3) is 0 Å². The van der Waals surface area contributed by atoms with E-state index in [2.05, 4.69) is 15.4 Å². The molecule has 1 aromatic carbocycles. The number of esters is 1. The Morgan fingerprint density at radius 3 is 2.05 bits per heavy atom. The fourth-order valence-electron chi connectivity index (χ4n) is 9.10. The summed E-state index contributed by atoms with van der Waals surface area (Å²) < 4.78 is 52.5. The van der Waals surface area contributed by atoms with Crippen LogP contribution in [0.5, 0.6) is 5.75 Å². The van der Waals surface area contributed by atoms with Gasteiger partial charge in [-0.25, -0.2) is 4.79 Å². The van der Waals surface area contributed by atoms with Gasteiger partial charge < -0.3 is 120 Å². The van der Waals surface area contributed by atoms with Gasteiger partial charge in [0.15, 0.2) is 18.9 Å². The van der Waals surface area contributed by atoms with Crippen molar-refractivity contribution in [2.24, 2.45) is 0 Å². The number of aromatic hydroxyl groups is 1. The van der Waals surface area contributed by atoms with E-state index < -0.39 is 179 Å². The van der Waals surface area contributed by atoms with E-state index in [9.17, 15) is 85.6 Å². The summed E-state index contributed by atoms with van der Waals surface area (Å²) >= 11 is 0. The topological polar surface area (TPSA) is 438 Å². The number of aliphatic hydroxyl groups excluding tert-OH is 11. The number of benzene rings is 1. The summed E-state index contributed by atoms with van der Waals surface area (Å²) in [4.78, 5) is 51.1. The second-order valence-electron chi connectivity index (χ2n) is 18.7. The molecule has 4 heterocycles. The molecule has 28 heteroatoms. The van der Waals surface area contributed by atoms with Crippen LogP contribution in [0.4, 0.5) is 0 Å². The molecule has 28 nitrogen and oxygen atoms in total. The smallest absolute Gasteiger partial charge is 0.364 e. The van der Waals surface area contributed by atoms with Crippen molar-refractivity contribution in [1.82, 2.24) is 10.6 Å². The van der Waals surface area contributed by atoms with Crippen molar-refractivity contribution in [3.8, 4) is 5.75 Å². The van der Waals surface area contributed by atoms with Crippen molar-refractivity contribution in [2.75, 3.05) is 40.1 Å². The molecule has 4 fully saturated rings. The maximum absolute atomic E-state index is 14.2. The minimum absolute atomic E-state index is 0.0615. The van der Waals surface area contributed by atoms with Gasteiger partial charge in [0, 0.05) is 26.4 Å². The van der Waals surface area contributed by atoms with E-state index in [1.165, 1.54) is 25.3 Å². The molecule has 0 saturated carbocycles. The molecule has 4 aliphatic rings. The minimum atomic E-state index is -3.18. The number of carbonyl (C=O) groups is 4. The summed E-state index contributed by atoms with van der Waals surface area (Å²) in [6.07, 6.45) is -30.2. The van der Waals surface area contributed by atoms with Crippen molar-refractivity contribution in [3.05, 3.63) is 29.3 Å². The number of rotatable bonds is 25. The standard InChI is InChI=1S/C46H72N2O26/c1-20-11-12-23(53)22(14-20)41(63)48-31-39(37(71-43-35(61)32(58)26(56)19-68-43)28(18-51)70-42(31)67-13-9-7-5-4-6-8-10-29(57)66-3)72-44-36(62)40(34(60)27(17-50)69-44)74-46(45(64)65)15-24(54)30(47-21(2)52)38(73-46)33(59)25(55)16-49/h11-12,14,24-28,30-40,42-44,49-51,53-56,58-62H,4-10,13,15-19H2,1-3H3,(H,47,52)(H,48,63)(H,64,65)/t24?,25?,26-,27?,28?,30-,31?,32?,33?,34-,35?,36?,37+,38?,39?,40?,42-,43?,44?,46+/m1/s1. The number of carboxylic acids is 1. The molecule has 422 valence electrons. The highest BCUT2D eigenvalue weighted by molar-refractivity contribution is 5.97. The van der Waals surface area contributed by atoms with Gasteiger partial charge in [0.25, 0.3) is 11.7 Å². The molecule has 0 radical (unpaired) electrons. The number of aliphatic carboxylic acids is 1. The summed E-state index contributed by atoms with van der Waals surface area (Å²) in [7, 11) is 1.30.